The van der Waals surface area contributed by atoms with Gasteiger partial charge in [-0.1, -0.05) is 0 Å². The molecule has 1 unspecified atom stereocenters. The minimum Gasteiger partial charge on any atom is -0.463 e. The summed E-state index contributed by atoms with van der Waals surface area (Å²) >= 11 is 0. The van der Waals surface area contributed by atoms with Gasteiger partial charge in [-0.25, -0.2) is 0 Å². The highest BCUT2D eigenvalue weighted by Gasteiger charge is 2.19. The Kier molecular flexibility index (Phi) is 5.93. The van der Waals surface area contributed by atoms with Crippen molar-refractivity contribution in [1.29, 1.82) is 0 Å². The molecule has 0 saturated heterocycles. The predicted octanol–water partition coefficient (Wildman–Crippen LogP) is -0.668. The molecule has 0 heterocycles. The summed E-state index contributed by atoms with van der Waals surface area (Å²) in [6.45, 7) is -0.685. The van der Waals surface area contributed by atoms with Crippen LogP contribution in [0.5, 0.6) is 0 Å². The van der Waals surface area contributed by atoms with Gasteiger partial charge in [-0.05, 0) is 19.3 Å². The van der Waals surface area contributed by atoms with E-state index in [1.807, 2.05) is 0 Å². The Labute approximate surface area is 100.0 Å². The van der Waals surface area contributed by atoms with Crippen LogP contribution in [0.1, 0.15) is 32.1 Å². The maximum atomic E-state index is 11.3. The van der Waals surface area contributed by atoms with Gasteiger partial charge in [0, 0.05) is 12.5 Å². The van der Waals surface area contributed by atoms with Crippen LogP contribution in [0.25, 0.3) is 0 Å². The normalized spacial score (nSPS) is 17.1. The maximum Gasteiger partial charge on any atom is 0.306 e. The zero-order valence-electron chi connectivity index (χ0n) is 9.72. The predicted molar refractivity (Wildman–Crippen MR) is 59.1 cm³/mol. The third kappa shape index (κ3) is 5.65. The van der Waals surface area contributed by atoms with Gasteiger partial charge in [0.1, 0.15) is 12.7 Å². The fourth-order valence-electron chi connectivity index (χ4n) is 1.38. The van der Waals surface area contributed by atoms with Crippen LogP contribution in [0.2, 0.25) is 0 Å². The number of nitrogens with one attached hydrogen (secondary N) is 1. The van der Waals surface area contributed by atoms with Gasteiger partial charge < -0.3 is 20.3 Å². The van der Waals surface area contributed by atoms with Crippen molar-refractivity contribution in [3.8, 4) is 0 Å². The lowest BCUT2D eigenvalue weighted by atomic mass is 9.93. The molecule has 0 radical (unpaired) electrons. The van der Waals surface area contributed by atoms with E-state index >= 15 is 0 Å². The molecule has 0 aromatic rings. The number of rotatable bonds is 7. The second-order valence-corrected chi connectivity index (χ2v) is 4.21. The van der Waals surface area contributed by atoms with E-state index in [9.17, 15) is 9.59 Å². The summed E-state index contributed by atoms with van der Waals surface area (Å²) in [4.78, 5) is 22.5. The van der Waals surface area contributed by atoms with E-state index in [2.05, 4.69) is 10.1 Å². The summed E-state index contributed by atoms with van der Waals surface area (Å²) in [7, 11) is 0. The van der Waals surface area contributed by atoms with Crippen LogP contribution in [0.4, 0.5) is 0 Å². The number of amides is 1. The van der Waals surface area contributed by atoms with Crippen molar-refractivity contribution in [2.75, 3.05) is 13.2 Å². The second-order valence-electron chi connectivity index (χ2n) is 4.21. The van der Waals surface area contributed by atoms with E-state index < -0.39 is 18.7 Å². The number of hydrogen-bond acceptors (Lipinski definition) is 5. The highest BCUT2D eigenvalue weighted by Crippen LogP contribution is 2.18. The number of esters is 1. The molecule has 3 N–H and O–H groups in total. The molecule has 0 aromatic heterocycles. The van der Waals surface area contributed by atoms with Gasteiger partial charge in [0.2, 0.25) is 5.91 Å². The first kappa shape index (κ1) is 13.9. The zero-order valence-corrected chi connectivity index (χ0v) is 9.72. The van der Waals surface area contributed by atoms with Crippen LogP contribution in [-0.2, 0) is 14.3 Å². The van der Waals surface area contributed by atoms with Crippen molar-refractivity contribution in [3.63, 3.8) is 0 Å². The molecule has 1 saturated carbocycles. The quantitative estimate of drug-likeness (QED) is 0.517. The zero-order chi connectivity index (χ0) is 12.7. The number of carbonyl (C=O) groups is 2. The highest BCUT2D eigenvalue weighted by atomic mass is 16.5. The molecule has 0 spiro atoms. The first-order valence-corrected chi connectivity index (χ1v) is 5.85. The molecule has 6 heteroatoms. The Morgan fingerprint density at radius 1 is 1.35 bits per heavy atom. The van der Waals surface area contributed by atoms with Gasteiger partial charge in [0.25, 0.3) is 0 Å². The van der Waals surface area contributed by atoms with Gasteiger partial charge in [0.15, 0.2) is 0 Å². The molecule has 1 atom stereocenters. The van der Waals surface area contributed by atoms with Crippen LogP contribution in [0, 0.1) is 0 Å². The molecule has 17 heavy (non-hydrogen) atoms. The Morgan fingerprint density at radius 3 is 2.59 bits per heavy atom. The number of aliphatic hydroxyl groups is 2. The first-order valence-electron chi connectivity index (χ1n) is 5.85. The topological polar surface area (TPSA) is 95.9 Å². The van der Waals surface area contributed by atoms with Crippen LogP contribution in [-0.4, -0.2) is 47.4 Å². The minimum atomic E-state index is -1.05. The largest absolute Gasteiger partial charge is 0.463 e. The third-order valence-electron chi connectivity index (χ3n) is 2.67. The molecule has 98 valence electrons. The fourth-order valence-corrected chi connectivity index (χ4v) is 1.38. The molecular formula is C11H19NO5. The van der Waals surface area contributed by atoms with Crippen molar-refractivity contribution in [3.05, 3.63) is 0 Å². The van der Waals surface area contributed by atoms with Crippen LogP contribution in [0.15, 0.2) is 0 Å². The van der Waals surface area contributed by atoms with Crippen molar-refractivity contribution in [2.45, 2.75) is 44.2 Å². The maximum absolute atomic E-state index is 11.3. The fraction of sp³-hybridized carbons (Fsp3) is 0.818. The van der Waals surface area contributed by atoms with Gasteiger partial charge >= 0.3 is 5.97 Å². The van der Waals surface area contributed by atoms with Gasteiger partial charge in [-0.3, -0.25) is 9.59 Å². The molecule has 0 bridgehead atoms. The SMILES string of the molecule is O=C(CCC(=O)OCC(O)CO)NC1CCC1. The van der Waals surface area contributed by atoms with Crippen LogP contribution >= 0.6 is 0 Å². The molecule has 1 aliphatic carbocycles. The van der Waals surface area contributed by atoms with E-state index in [-0.39, 0.29) is 31.4 Å². The van der Waals surface area contributed by atoms with Crippen molar-refractivity contribution >= 4 is 11.9 Å². The van der Waals surface area contributed by atoms with Gasteiger partial charge in [0.05, 0.1) is 13.0 Å². The number of aliphatic hydroxyl groups excluding tert-OH is 2. The summed E-state index contributed by atoms with van der Waals surface area (Å²) in [6.07, 6.45) is 2.22. The molecule has 1 aliphatic rings. The Balaban J connectivity index is 2.03. The Bertz CT molecular complexity index is 265. The van der Waals surface area contributed by atoms with Crippen molar-refractivity contribution in [2.24, 2.45) is 0 Å². The van der Waals surface area contributed by atoms with Gasteiger partial charge in [-0.15, -0.1) is 0 Å². The number of ether oxygens (including phenoxy) is 1. The monoisotopic (exact) mass is 245 g/mol. The van der Waals surface area contributed by atoms with Crippen LogP contribution < -0.4 is 5.32 Å². The highest BCUT2D eigenvalue weighted by molar-refractivity contribution is 5.81. The molecule has 6 nitrogen and oxygen atoms in total. The molecule has 0 aromatic carbocycles. The standard InChI is InChI=1S/C11H19NO5/c13-6-9(14)7-17-11(16)5-4-10(15)12-8-2-1-3-8/h8-9,13-14H,1-7H2,(H,12,15). The third-order valence-corrected chi connectivity index (χ3v) is 2.67. The molecule has 1 fully saturated rings. The lowest BCUT2D eigenvalue weighted by Crippen LogP contribution is -2.39. The summed E-state index contributed by atoms with van der Waals surface area (Å²) in [6, 6.07) is 0.273. The Morgan fingerprint density at radius 2 is 2.06 bits per heavy atom. The second kappa shape index (κ2) is 7.24. The van der Waals surface area contributed by atoms with E-state index in [4.69, 9.17) is 10.2 Å². The molecule has 0 aliphatic heterocycles. The number of carbonyl (C=O) groups excluding carboxylic acids is 2. The lowest BCUT2D eigenvalue weighted by molar-refractivity contribution is -0.148. The van der Waals surface area contributed by atoms with Crippen molar-refractivity contribution in [1.82, 2.24) is 5.32 Å². The van der Waals surface area contributed by atoms with E-state index in [0.29, 0.717) is 0 Å². The summed E-state index contributed by atoms with van der Waals surface area (Å²) in [5.74, 6) is -0.685. The smallest absolute Gasteiger partial charge is 0.306 e. The molecular weight excluding hydrogens is 226 g/mol. The first-order chi connectivity index (χ1) is 8.11. The average Bonchev–Trinajstić information content (AvgIpc) is 2.28. The average molecular weight is 245 g/mol. The van der Waals surface area contributed by atoms with Crippen molar-refractivity contribution < 1.29 is 24.5 Å². The summed E-state index contributed by atoms with van der Waals surface area (Å²) < 4.78 is 4.66. The van der Waals surface area contributed by atoms with E-state index in [1.165, 1.54) is 0 Å². The van der Waals surface area contributed by atoms with E-state index in [0.717, 1.165) is 19.3 Å². The lowest BCUT2D eigenvalue weighted by Gasteiger charge is -2.26. The van der Waals surface area contributed by atoms with Crippen LogP contribution in [0.3, 0.4) is 0 Å². The molecule has 1 rings (SSSR count). The molecule has 1 amide bonds. The van der Waals surface area contributed by atoms with Gasteiger partial charge in [-0.2, -0.15) is 0 Å². The van der Waals surface area contributed by atoms with E-state index in [1.54, 1.807) is 0 Å². The summed E-state index contributed by atoms with van der Waals surface area (Å²) in [5.41, 5.74) is 0. The minimum absolute atomic E-state index is 0.00327. The Hall–Kier alpha value is -1.14. The summed E-state index contributed by atoms with van der Waals surface area (Å²) in [5, 5.41) is 20.2. The number of hydrogen-bond donors (Lipinski definition) is 3.